The standard InChI is InChI=1S/C6H5ClO.2C2H6/c7-5-2-1-3-6(8)4-5;2*1-2/h1-4,8H;2*1-2H3. The fraction of sp³-hybridized carbons (Fsp3) is 0.400. The third-order valence-corrected chi connectivity index (χ3v) is 1.04. The minimum absolute atomic E-state index is 0.206. The van der Waals surface area contributed by atoms with E-state index in [-0.39, 0.29) is 5.75 Å². The molecule has 0 amide bonds. The summed E-state index contributed by atoms with van der Waals surface area (Å²) in [4.78, 5) is 0. The van der Waals surface area contributed by atoms with Gasteiger partial charge in [0, 0.05) is 5.02 Å². The van der Waals surface area contributed by atoms with Gasteiger partial charge in [0.15, 0.2) is 0 Å². The summed E-state index contributed by atoms with van der Waals surface area (Å²) in [5.74, 6) is 0.206. The van der Waals surface area contributed by atoms with Gasteiger partial charge in [-0.2, -0.15) is 0 Å². The summed E-state index contributed by atoms with van der Waals surface area (Å²) in [7, 11) is 0. The number of halogens is 1. The van der Waals surface area contributed by atoms with Crippen LogP contribution in [0.4, 0.5) is 0 Å². The Hall–Kier alpha value is -0.690. The average molecular weight is 189 g/mol. The molecular formula is C10H17ClO. The average Bonchev–Trinajstić information content (AvgIpc) is 2.11. The maximum atomic E-state index is 8.73. The normalized spacial score (nSPS) is 7.08. The van der Waals surface area contributed by atoms with Crippen molar-refractivity contribution >= 4 is 11.6 Å². The molecular weight excluding hydrogens is 172 g/mol. The molecule has 0 atom stereocenters. The molecule has 1 aromatic rings. The van der Waals surface area contributed by atoms with Gasteiger partial charge >= 0.3 is 0 Å². The smallest absolute Gasteiger partial charge is 0.117 e. The molecule has 0 radical (unpaired) electrons. The summed E-state index contributed by atoms with van der Waals surface area (Å²) >= 11 is 5.48. The number of benzene rings is 1. The van der Waals surface area contributed by atoms with Crippen LogP contribution in [0.25, 0.3) is 0 Å². The van der Waals surface area contributed by atoms with Crippen molar-refractivity contribution in [2.24, 2.45) is 0 Å². The molecule has 1 aromatic carbocycles. The third kappa shape index (κ3) is 7.42. The Morgan fingerprint density at radius 1 is 1.08 bits per heavy atom. The van der Waals surface area contributed by atoms with Gasteiger partial charge in [-0.05, 0) is 18.2 Å². The molecule has 1 nitrogen and oxygen atoms in total. The Kier molecular flexibility index (Phi) is 11.9. The fourth-order valence-electron chi connectivity index (χ4n) is 0.476. The van der Waals surface area contributed by atoms with Gasteiger partial charge < -0.3 is 5.11 Å². The second-order valence-corrected chi connectivity index (χ2v) is 1.92. The van der Waals surface area contributed by atoms with Gasteiger partial charge in [0.1, 0.15) is 5.75 Å². The van der Waals surface area contributed by atoms with Gasteiger partial charge in [-0.1, -0.05) is 45.4 Å². The van der Waals surface area contributed by atoms with Crippen molar-refractivity contribution in [2.45, 2.75) is 27.7 Å². The van der Waals surface area contributed by atoms with Gasteiger partial charge in [0.25, 0.3) is 0 Å². The minimum Gasteiger partial charge on any atom is -0.508 e. The molecule has 0 fully saturated rings. The largest absolute Gasteiger partial charge is 0.508 e. The van der Waals surface area contributed by atoms with Gasteiger partial charge in [0.2, 0.25) is 0 Å². The second-order valence-electron chi connectivity index (χ2n) is 1.48. The Labute approximate surface area is 80.0 Å². The van der Waals surface area contributed by atoms with E-state index in [1.165, 1.54) is 6.07 Å². The van der Waals surface area contributed by atoms with Crippen molar-refractivity contribution in [1.29, 1.82) is 0 Å². The van der Waals surface area contributed by atoms with Crippen LogP contribution in [0.2, 0.25) is 5.02 Å². The number of phenols is 1. The molecule has 1 N–H and O–H groups in total. The quantitative estimate of drug-likeness (QED) is 0.650. The Bertz CT molecular complexity index is 170. The number of phenolic OH excluding ortho intramolecular Hbond substituents is 1. The summed E-state index contributed by atoms with van der Waals surface area (Å²) in [5.41, 5.74) is 0. The van der Waals surface area contributed by atoms with Crippen molar-refractivity contribution in [1.82, 2.24) is 0 Å². The van der Waals surface area contributed by atoms with E-state index in [9.17, 15) is 0 Å². The molecule has 70 valence electrons. The predicted molar refractivity (Wildman–Crippen MR) is 55.8 cm³/mol. The zero-order valence-corrected chi connectivity index (χ0v) is 8.89. The first-order valence-corrected chi connectivity index (χ1v) is 4.61. The van der Waals surface area contributed by atoms with Crippen molar-refractivity contribution in [3.63, 3.8) is 0 Å². The van der Waals surface area contributed by atoms with Crippen LogP contribution in [0.5, 0.6) is 5.75 Å². The molecule has 12 heavy (non-hydrogen) atoms. The van der Waals surface area contributed by atoms with Crippen LogP contribution >= 0.6 is 11.6 Å². The minimum atomic E-state index is 0.206. The van der Waals surface area contributed by atoms with Gasteiger partial charge in [0.05, 0.1) is 0 Å². The Morgan fingerprint density at radius 3 is 1.83 bits per heavy atom. The van der Waals surface area contributed by atoms with Crippen LogP contribution in [0.3, 0.4) is 0 Å². The lowest BCUT2D eigenvalue weighted by molar-refractivity contribution is 0.475. The second kappa shape index (κ2) is 10.3. The Morgan fingerprint density at radius 2 is 1.58 bits per heavy atom. The highest BCUT2D eigenvalue weighted by molar-refractivity contribution is 6.30. The zero-order chi connectivity index (χ0) is 9.98. The van der Waals surface area contributed by atoms with Crippen molar-refractivity contribution in [3.05, 3.63) is 29.3 Å². The number of aromatic hydroxyl groups is 1. The zero-order valence-electron chi connectivity index (χ0n) is 8.13. The van der Waals surface area contributed by atoms with Crippen LogP contribution < -0.4 is 0 Å². The molecule has 2 heteroatoms. The van der Waals surface area contributed by atoms with Crippen LogP contribution in [0.1, 0.15) is 27.7 Å². The van der Waals surface area contributed by atoms with E-state index >= 15 is 0 Å². The highest BCUT2D eigenvalue weighted by Gasteiger charge is 1.85. The monoisotopic (exact) mass is 188 g/mol. The maximum Gasteiger partial charge on any atom is 0.117 e. The van der Waals surface area contributed by atoms with E-state index in [2.05, 4.69) is 0 Å². The highest BCUT2D eigenvalue weighted by Crippen LogP contribution is 2.14. The van der Waals surface area contributed by atoms with E-state index in [1.807, 2.05) is 27.7 Å². The predicted octanol–water partition coefficient (Wildman–Crippen LogP) is 4.10. The molecule has 0 heterocycles. The van der Waals surface area contributed by atoms with Crippen molar-refractivity contribution < 1.29 is 5.11 Å². The van der Waals surface area contributed by atoms with E-state index in [0.717, 1.165) is 0 Å². The SMILES string of the molecule is CC.CC.Oc1cccc(Cl)c1. The van der Waals surface area contributed by atoms with Crippen molar-refractivity contribution in [2.75, 3.05) is 0 Å². The molecule has 0 aliphatic heterocycles. The summed E-state index contributed by atoms with van der Waals surface area (Å²) in [6.07, 6.45) is 0. The number of hydrogen-bond donors (Lipinski definition) is 1. The molecule has 1 rings (SSSR count). The Balaban J connectivity index is 0. The van der Waals surface area contributed by atoms with Crippen molar-refractivity contribution in [3.8, 4) is 5.75 Å². The van der Waals surface area contributed by atoms with Crippen LogP contribution in [0.15, 0.2) is 24.3 Å². The van der Waals surface area contributed by atoms with E-state index in [0.29, 0.717) is 5.02 Å². The first-order valence-electron chi connectivity index (χ1n) is 4.23. The third-order valence-electron chi connectivity index (χ3n) is 0.808. The molecule has 0 saturated carbocycles. The fourth-order valence-corrected chi connectivity index (χ4v) is 0.661. The number of hydrogen-bond acceptors (Lipinski definition) is 1. The summed E-state index contributed by atoms with van der Waals surface area (Å²) in [6, 6.07) is 6.46. The lowest BCUT2D eigenvalue weighted by Crippen LogP contribution is -1.61. The summed E-state index contributed by atoms with van der Waals surface area (Å²) in [6.45, 7) is 8.00. The molecule has 0 unspecified atom stereocenters. The molecule has 0 bridgehead atoms. The first-order chi connectivity index (χ1) is 5.79. The van der Waals surface area contributed by atoms with E-state index in [4.69, 9.17) is 16.7 Å². The molecule has 0 spiro atoms. The van der Waals surface area contributed by atoms with Gasteiger partial charge in [-0.3, -0.25) is 0 Å². The molecule has 0 aliphatic carbocycles. The lowest BCUT2D eigenvalue weighted by atomic mass is 10.3. The van der Waals surface area contributed by atoms with Gasteiger partial charge in [-0.25, -0.2) is 0 Å². The van der Waals surface area contributed by atoms with E-state index in [1.54, 1.807) is 18.2 Å². The van der Waals surface area contributed by atoms with E-state index < -0.39 is 0 Å². The van der Waals surface area contributed by atoms with Gasteiger partial charge in [-0.15, -0.1) is 0 Å². The maximum absolute atomic E-state index is 8.73. The molecule has 0 aliphatic rings. The summed E-state index contributed by atoms with van der Waals surface area (Å²) in [5, 5.41) is 9.29. The first kappa shape index (κ1) is 13.9. The van der Waals surface area contributed by atoms with Crippen LogP contribution in [-0.2, 0) is 0 Å². The lowest BCUT2D eigenvalue weighted by Gasteiger charge is -1.88. The molecule has 0 saturated heterocycles. The topological polar surface area (TPSA) is 20.2 Å². The molecule has 0 aromatic heterocycles. The van der Waals surface area contributed by atoms with Crippen LogP contribution in [0, 0.1) is 0 Å². The number of rotatable bonds is 0. The van der Waals surface area contributed by atoms with Crippen LogP contribution in [-0.4, -0.2) is 5.11 Å². The summed E-state index contributed by atoms with van der Waals surface area (Å²) < 4.78 is 0. The highest BCUT2D eigenvalue weighted by atomic mass is 35.5.